The largest absolute Gasteiger partial charge is 0.339 e. The topological polar surface area (TPSA) is 57.8 Å². The molecule has 2 N–H and O–H groups in total. The van der Waals surface area contributed by atoms with Gasteiger partial charge in [0.15, 0.2) is 5.82 Å². The second-order valence-electron chi connectivity index (χ2n) is 4.32. The van der Waals surface area contributed by atoms with E-state index in [1.807, 2.05) is 34.7 Å². The van der Waals surface area contributed by atoms with Crippen molar-refractivity contribution in [3.05, 3.63) is 50.1 Å². The van der Waals surface area contributed by atoms with Crippen molar-refractivity contribution in [1.82, 2.24) is 9.97 Å². The molecule has 1 aromatic heterocycles. The number of halogens is 1. The van der Waals surface area contributed by atoms with E-state index in [9.17, 15) is 4.79 Å². The lowest BCUT2D eigenvalue weighted by Gasteiger charge is -2.07. The average molecular weight is 369 g/mol. The minimum atomic E-state index is -0.127. The normalized spacial score (nSPS) is 10.4. The smallest absolute Gasteiger partial charge is 0.266 e. The molecule has 0 atom stereocenters. The third-order valence-electron chi connectivity index (χ3n) is 2.83. The molecule has 0 aliphatic rings. The number of unbranched alkanes of at least 4 members (excludes halogenated alkanes) is 1. The highest BCUT2D eigenvalue weighted by atomic mass is 127. The second kappa shape index (κ2) is 6.70. The highest BCUT2D eigenvalue weighted by molar-refractivity contribution is 14.1. The van der Waals surface area contributed by atoms with Crippen molar-refractivity contribution in [2.45, 2.75) is 26.2 Å². The fourth-order valence-corrected chi connectivity index (χ4v) is 2.17. The number of H-pyrrole nitrogens is 1. The first-order valence-corrected chi connectivity index (χ1v) is 7.37. The van der Waals surface area contributed by atoms with E-state index in [1.54, 1.807) is 0 Å². The molecule has 0 saturated heterocycles. The molecule has 2 rings (SSSR count). The van der Waals surface area contributed by atoms with Crippen LogP contribution in [-0.2, 0) is 6.42 Å². The van der Waals surface area contributed by atoms with Crippen molar-refractivity contribution < 1.29 is 0 Å². The molecule has 100 valence electrons. The van der Waals surface area contributed by atoms with Gasteiger partial charge in [0.1, 0.15) is 3.57 Å². The third-order valence-corrected chi connectivity index (χ3v) is 3.83. The predicted molar refractivity (Wildman–Crippen MR) is 85.9 cm³/mol. The molecule has 5 heteroatoms. The van der Waals surface area contributed by atoms with Crippen molar-refractivity contribution in [3.63, 3.8) is 0 Å². The van der Waals surface area contributed by atoms with Crippen LogP contribution in [0.15, 0.2) is 35.4 Å². The molecule has 0 spiro atoms. The van der Waals surface area contributed by atoms with Crippen LogP contribution in [0, 0.1) is 3.57 Å². The summed E-state index contributed by atoms with van der Waals surface area (Å²) in [5.74, 6) is 0.589. The first kappa shape index (κ1) is 14.0. The zero-order chi connectivity index (χ0) is 13.7. The Balaban J connectivity index is 2.11. The van der Waals surface area contributed by atoms with E-state index in [4.69, 9.17) is 0 Å². The molecule has 0 aliphatic heterocycles. The summed E-state index contributed by atoms with van der Waals surface area (Å²) in [6.07, 6.45) is 4.93. The van der Waals surface area contributed by atoms with Gasteiger partial charge < -0.3 is 10.3 Å². The van der Waals surface area contributed by atoms with Crippen molar-refractivity contribution in [3.8, 4) is 0 Å². The van der Waals surface area contributed by atoms with Crippen LogP contribution in [-0.4, -0.2) is 9.97 Å². The first-order chi connectivity index (χ1) is 9.20. The molecule has 0 bridgehead atoms. The summed E-state index contributed by atoms with van der Waals surface area (Å²) in [7, 11) is 0. The Labute approximate surface area is 125 Å². The van der Waals surface area contributed by atoms with E-state index >= 15 is 0 Å². The Hall–Kier alpha value is -1.37. The Morgan fingerprint density at radius 1 is 1.32 bits per heavy atom. The van der Waals surface area contributed by atoms with Crippen LogP contribution >= 0.6 is 22.6 Å². The number of rotatable bonds is 5. The molecule has 1 heterocycles. The van der Waals surface area contributed by atoms with Gasteiger partial charge in [0.2, 0.25) is 0 Å². The van der Waals surface area contributed by atoms with E-state index in [-0.39, 0.29) is 5.56 Å². The lowest BCUT2D eigenvalue weighted by Crippen LogP contribution is -2.12. The molecule has 0 amide bonds. The van der Waals surface area contributed by atoms with Gasteiger partial charge in [-0.2, -0.15) is 0 Å². The molecular weight excluding hydrogens is 353 g/mol. The van der Waals surface area contributed by atoms with Gasteiger partial charge in [0.25, 0.3) is 5.56 Å². The Morgan fingerprint density at radius 3 is 2.74 bits per heavy atom. The van der Waals surface area contributed by atoms with Crippen LogP contribution in [0.4, 0.5) is 11.5 Å². The van der Waals surface area contributed by atoms with Gasteiger partial charge in [0, 0.05) is 5.69 Å². The van der Waals surface area contributed by atoms with Crippen molar-refractivity contribution in [1.29, 1.82) is 0 Å². The number of hydrogen-bond acceptors (Lipinski definition) is 3. The SMILES string of the molecule is CCCCc1ccc(Nc2nc[nH]c(=O)c2I)cc1. The minimum absolute atomic E-state index is 0.127. The van der Waals surface area contributed by atoms with Crippen molar-refractivity contribution in [2.75, 3.05) is 5.32 Å². The number of benzene rings is 1. The fourth-order valence-electron chi connectivity index (χ4n) is 1.74. The summed E-state index contributed by atoms with van der Waals surface area (Å²) in [6.45, 7) is 2.19. The number of anilines is 2. The maximum atomic E-state index is 11.5. The van der Waals surface area contributed by atoms with E-state index in [0.29, 0.717) is 9.39 Å². The number of hydrogen-bond donors (Lipinski definition) is 2. The number of aryl methyl sites for hydroxylation is 1. The number of aromatic nitrogens is 2. The van der Waals surface area contributed by atoms with Crippen LogP contribution in [0.5, 0.6) is 0 Å². The molecule has 0 fully saturated rings. The number of nitrogens with one attached hydrogen (secondary N) is 2. The van der Waals surface area contributed by atoms with E-state index in [1.165, 1.54) is 24.7 Å². The lowest BCUT2D eigenvalue weighted by molar-refractivity contribution is 0.795. The van der Waals surface area contributed by atoms with Gasteiger partial charge in [-0.05, 0) is 53.1 Å². The summed E-state index contributed by atoms with van der Waals surface area (Å²) in [5, 5.41) is 3.16. The number of nitrogens with zero attached hydrogens (tertiary/aromatic N) is 1. The summed E-state index contributed by atoms with van der Waals surface area (Å²) >= 11 is 1.99. The van der Waals surface area contributed by atoms with E-state index in [0.717, 1.165) is 12.1 Å². The van der Waals surface area contributed by atoms with Crippen molar-refractivity contribution >= 4 is 34.1 Å². The maximum absolute atomic E-state index is 11.5. The second-order valence-corrected chi connectivity index (χ2v) is 5.40. The third kappa shape index (κ3) is 3.79. The predicted octanol–water partition coefficient (Wildman–Crippen LogP) is 3.46. The summed E-state index contributed by atoms with van der Waals surface area (Å²) in [4.78, 5) is 18.1. The van der Waals surface area contributed by atoms with E-state index < -0.39 is 0 Å². The van der Waals surface area contributed by atoms with Crippen LogP contribution in [0.3, 0.4) is 0 Å². The average Bonchev–Trinajstić information content (AvgIpc) is 2.43. The standard InChI is InChI=1S/C14H16IN3O/c1-2-3-4-10-5-7-11(8-6-10)18-13-12(15)14(19)17-9-16-13/h5-9H,2-4H2,1H3,(H2,16,17,18,19). The summed E-state index contributed by atoms with van der Waals surface area (Å²) in [5.41, 5.74) is 2.15. The van der Waals surface area contributed by atoms with Crippen LogP contribution in [0.2, 0.25) is 0 Å². The minimum Gasteiger partial charge on any atom is -0.339 e. The molecule has 0 aliphatic carbocycles. The van der Waals surface area contributed by atoms with Crippen LogP contribution in [0.25, 0.3) is 0 Å². The molecule has 2 aromatic rings. The van der Waals surface area contributed by atoms with Gasteiger partial charge in [-0.1, -0.05) is 25.5 Å². The summed E-state index contributed by atoms with van der Waals surface area (Å²) in [6, 6.07) is 8.25. The molecular formula is C14H16IN3O. The van der Waals surface area contributed by atoms with Crippen LogP contribution in [0.1, 0.15) is 25.3 Å². The highest BCUT2D eigenvalue weighted by Crippen LogP contribution is 2.18. The Kier molecular flexibility index (Phi) is 4.95. The summed E-state index contributed by atoms with van der Waals surface area (Å²) < 4.78 is 0.565. The van der Waals surface area contributed by atoms with Gasteiger partial charge in [-0.3, -0.25) is 4.79 Å². The molecule has 4 nitrogen and oxygen atoms in total. The molecule has 0 radical (unpaired) electrons. The molecule has 0 unspecified atom stereocenters. The maximum Gasteiger partial charge on any atom is 0.266 e. The molecule has 1 aromatic carbocycles. The number of aromatic amines is 1. The lowest BCUT2D eigenvalue weighted by atomic mass is 10.1. The first-order valence-electron chi connectivity index (χ1n) is 6.30. The Bertz CT molecular complexity index is 592. The Morgan fingerprint density at radius 2 is 2.05 bits per heavy atom. The van der Waals surface area contributed by atoms with E-state index in [2.05, 4.69) is 34.3 Å². The van der Waals surface area contributed by atoms with Gasteiger partial charge in [-0.25, -0.2) is 4.98 Å². The zero-order valence-electron chi connectivity index (χ0n) is 10.7. The van der Waals surface area contributed by atoms with Crippen LogP contribution < -0.4 is 10.9 Å². The monoisotopic (exact) mass is 369 g/mol. The van der Waals surface area contributed by atoms with Crippen molar-refractivity contribution in [2.24, 2.45) is 0 Å². The molecule has 19 heavy (non-hydrogen) atoms. The molecule has 0 saturated carbocycles. The zero-order valence-corrected chi connectivity index (χ0v) is 12.9. The highest BCUT2D eigenvalue weighted by Gasteiger charge is 2.05. The van der Waals surface area contributed by atoms with Gasteiger partial charge in [-0.15, -0.1) is 0 Å². The quantitative estimate of drug-likeness (QED) is 0.794. The van der Waals surface area contributed by atoms with Gasteiger partial charge in [0.05, 0.1) is 6.33 Å². The fraction of sp³-hybridized carbons (Fsp3) is 0.286. The van der Waals surface area contributed by atoms with Gasteiger partial charge >= 0.3 is 0 Å².